The summed E-state index contributed by atoms with van der Waals surface area (Å²) in [4.78, 5) is 38.0. The fourth-order valence-electron chi connectivity index (χ4n) is 3.12. The highest BCUT2D eigenvalue weighted by Crippen LogP contribution is 2.25. The average Bonchev–Trinajstić information content (AvgIpc) is 2.79. The Morgan fingerprint density at radius 3 is 2.24 bits per heavy atom. The van der Waals surface area contributed by atoms with Crippen molar-refractivity contribution in [3.05, 3.63) is 93.5 Å². The van der Waals surface area contributed by atoms with E-state index in [1.807, 2.05) is 19.9 Å². The lowest BCUT2D eigenvalue weighted by molar-refractivity contribution is -0.119. The van der Waals surface area contributed by atoms with Crippen LogP contribution in [0.15, 0.2) is 65.6 Å². The molecule has 0 aromatic heterocycles. The molecule has 3 rings (SSSR count). The first-order valence-corrected chi connectivity index (χ1v) is 12.4. The molecule has 9 heteroatoms. The first-order chi connectivity index (χ1) is 16.0. The molecule has 0 aliphatic heterocycles. The van der Waals surface area contributed by atoms with Crippen LogP contribution in [-0.2, 0) is 19.4 Å². The number of halogens is 1. The number of ketones is 1. The van der Waals surface area contributed by atoms with Crippen LogP contribution in [0.25, 0.3) is 0 Å². The number of nitrogens with one attached hydrogen (secondary N) is 1. The maximum atomic E-state index is 13.0. The van der Waals surface area contributed by atoms with Crippen LogP contribution in [0.4, 0.5) is 5.69 Å². The quantitative estimate of drug-likeness (QED) is 0.381. The molecule has 0 aliphatic carbocycles. The summed E-state index contributed by atoms with van der Waals surface area (Å²) in [6.45, 7) is 3.16. The lowest BCUT2D eigenvalue weighted by Gasteiger charge is -2.11. The van der Waals surface area contributed by atoms with Crippen molar-refractivity contribution in [2.45, 2.75) is 18.7 Å². The van der Waals surface area contributed by atoms with Crippen molar-refractivity contribution in [1.29, 1.82) is 0 Å². The molecule has 34 heavy (non-hydrogen) atoms. The third-order valence-corrected chi connectivity index (χ3v) is 6.57. The van der Waals surface area contributed by atoms with Gasteiger partial charge in [0.15, 0.2) is 22.2 Å². The van der Waals surface area contributed by atoms with Gasteiger partial charge in [-0.25, -0.2) is 13.2 Å². The van der Waals surface area contributed by atoms with E-state index in [4.69, 9.17) is 16.3 Å². The van der Waals surface area contributed by atoms with E-state index in [2.05, 4.69) is 5.32 Å². The zero-order valence-electron chi connectivity index (χ0n) is 18.7. The van der Waals surface area contributed by atoms with Crippen molar-refractivity contribution < 1.29 is 27.5 Å². The molecule has 176 valence electrons. The number of amides is 1. The number of carbonyl (C=O) groups excluding carboxylic acids is 3. The molecule has 3 aromatic rings. The molecule has 0 aliphatic rings. The van der Waals surface area contributed by atoms with E-state index in [0.717, 1.165) is 17.4 Å². The predicted molar refractivity (Wildman–Crippen MR) is 129 cm³/mol. The lowest BCUT2D eigenvalue weighted by Crippen LogP contribution is -2.22. The molecular formula is C25H22ClNO6S. The number of hydrogen-bond donors (Lipinski definition) is 1. The Balaban J connectivity index is 1.73. The summed E-state index contributed by atoms with van der Waals surface area (Å²) in [5.74, 6) is -1.91. The molecule has 0 unspecified atom stereocenters. The summed E-state index contributed by atoms with van der Waals surface area (Å²) in [6.07, 6.45) is 1.03. The van der Waals surface area contributed by atoms with E-state index in [1.165, 1.54) is 30.3 Å². The van der Waals surface area contributed by atoms with Crippen LogP contribution in [0.2, 0.25) is 5.02 Å². The van der Waals surface area contributed by atoms with Gasteiger partial charge < -0.3 is 10.1 Å². The normalized spacial score (nSPS) is 11.1. The molecule has 0 spiro atoms. The minimum Gasteiger partial charge on any atom is -0.452 e. The van der Waals surface area contributed by atoms with E-state index < -0.39 is 28.3 Å². The molecule has 0 saturated heterocycles. The van der Waals surface area contributed by atoms with Gasteiger partial charge in [0.1, 0.15) is 0 Å². The van der Waals surface area contributed by atoms with Crippen LogP contribution in [-0.4, -0.2) is 38.9 Å². The SMILES string of the molecule is Cc1ccc(C(=O)c2ccccc2C(=O)OCC(=O)Nc2cc(S(C)(=O)=O)ccc2Cl)cc1C. The van der Waals surface area contributed by atoms with Gasteiger partial charge in [-0.2, -0.15) is 0 Å². The molecule has 0 bridgehead atoms. The number of anilines is 1. The molecule has 1 amide bonds. The maximum Gasteiger partial charge on any atom is 0.339 e. The number of aryl methyl sites for hydroxylation is 2. The van der Waals surface area contributed by atoms with Gasteiger partial charge in [0.25, 0.3) is 5.91 Å². The third-order valence-electron chi connectivity index (χ3n) is 5.14. The minimum absolute atomic E-state index is 0.0237. The van der Waals surface area contributed by atoms with Crippen LogP contribution in [0.1, 0.15) is 37.4 Å². The molecule has 0 heterocycles. The predicted octanol–water partition coefficient (Wildman–Crippen LogP) is 4.39. The highest BCUT2D eigenvalue weighted by atomic mass is 35.5. The molecule has 0 saturated carbocycles. The van der Waals surface area contributed by atoms with Crippen molar-refractivity contribution in [1.82, 2.24) is 0 Å². The van der Waals surface area contributed by atoms with E-state index >= 15 is 0 Å². The van der Waals surface area contributed by atoms with Crippen LogP contribution < -0.4 is 5.32 Å². The largest absolute Gasteiger partial charge is 0.452 e. The molecule has 1 N–H and O–H groups in total. The molecular weight excluding hydrogens is 478 g/mol. The van der Waals surface area contributed by atoms with Crippen molar-refractivity contribution in [2.24, 2.45) is 0 Å². The Labute approximate surface area is 202 Å². The first-order valence-electron chi connectivity index (χ1n) is 10.1. The fourth-order valence-corrected chi connectivity index (χ4v) is 3.94. The van der Waals surface area contributed by atoms with Crippen molar-refractivity contribution in [2.75, 3.05) is 18.2 Å². The van der Waals surface area contributed by atoms with Crippen LogP contribution in [0.3, 0.4) is 0 Å². The monoisotopic (exact) mass is 499 g/mol. The highest BCUT2D eigenvalue weighted by molar-refractivity contribution is 7.90. The Kier molecular flexibility index (Phi) is 7.54. The van der Waals surface area contributed by atoms with E-state index in [0.29, 0.717) is 5.56 Å². The molecule has 7 nitrogen and oxygen atoms in total. The zero-order chi connectivity index (χ0) is 25.0. The number of esters is 1. The standard InChI is InChI=1S/C25H22ClNO6S/c1-15-8-9-17(12-16(15)2)24(29)19-6-4-5-7-20(19)25(30)33-14-23(28)27-22-13-18(34(3,31)32)10-11-21(22)26/h4-13H,14H2,1-3H3,(H,27,28). The third kappa shape index (κ3) is 5.89. The van der Waals surface area contributed by atoms with Crippen molar-refractivity contribution in [3.63, 3.8) is 0 Å². The Bertz CT molecular complexity index is 1400. The lowest BCUT2D eigenvalue weighted by atomic mass is 9.96. The second kappa shape index (κ2) is 10.2. The Hall–Kier alpha value is -3.49. The summed E-state index contributed by atoms with van der Waals surface area (Å²) >= 11 is 6.03. The first kappa shape index (κ1) is 25.1. The Morgan fingerprint density at radius 1 is 0.912 bits per heavy atom. The van der Waals surface area contributed by atoms with Gasteiger partial charge in [-0.3, -0.25) is 9.59 Å². The smallest absolute Gasteiger partial charge is 0.339 e. The van der Waals surface area contributed by atoms with Gasteiger partial charge in [-0.05, 0) is 55.3 Å². The fraction of sp³-hybridized carbons (Fsp3) is 0.160. The molecule has 0 atom stereocenters. The summed E-state index contributed by atoms with van der Waals surface area (Å²) in [5.41, 5.74) is 2.66. The molecule has 3 aromatic carbocycles. The number of benzene rings is 3. The Morgan fingerprint density at radius 2 is 1.59 bits per heavy atom. The van der Waals surface area contributed by atoms with E-state index in [1.54, 1.807) is 24.3 Å². The summed E-state index contributed by atoms with van der Waals surface area (Å²) in [5, 5.41) is 2.55. The summed E-state index contributed by atoms with van der Waals surface area (Å²) in [7, 11) is -3.51. The van der Waals surface area contributed by atoms with Gasteiger partial charge in [0.05, 0.1) is 21.2 Å². The van der Waals surface area contributed by atoms with Crippen molar-refractivity contribution in [3.8, 4) is 0 Å². The van der Waals surface area contributed by atoms with E-state index in [9.17, 15) is 22.8 Å². The average molecular weight is 500 g/mol. The summed E-state index contributed by atoms with van der Waals surface area (Å²) < 4.78 is 28.6. The van der Waals surface area contributed by atoms with Crippen molar-refractivity contribution >= 4 is 44.8 Å². The number of sulfone groups is 1. The van der Waals surface area contributed by atoms with Gasteiger partial charge >= 0.3 is 5.97 Å². The van der Waals surface area contributed by atoms with Crippen LogP contribution >= 0.6 is 11.6 Å². The highest BCUT2D eigenvalue weighted by Gasteiger charge is 2.20. The van der Waals surface area contributed by atoms with Gasteiger partial charge in [-0.15, -0.1) is 0 Å². The van der Waals surface area contributed by atoms with E-state index in [-0.39, 0.29) is 32.5 Å². The van der Waals surface area contributed by atoms with Gasteiger partial charge in [0, 0.05) is 17.4 Å². The zero-order valence-corrected chi connectivity index (χ0v) is 20.3. The molecule has 0 fully saturated rings. The summed E-state index contributed by atoms with van der Waals surface area (Å²) in [6, 6.07) is 15.3. The topological polar surface area (TPSA) is 107 Å². The number of ether oxygens (including phenoxy) is 1. The number of rotatable bonds is 7. The van der Waals surface area contributed by atoms with Crippen LogP contribution in [0, 0.1) is 13.8 Å². The maximum absolute atomic E-state index is 13.0. The number of hydrogen-bond acceptors (Lipinski definition) is 6. The van der Waals surface area contributed by atoms with Crippen LogP contribution in [0.5, 0.6) is 0 Å². The van der Waals surface area contributed by atoms with Gasteiger partial charge in [0.2, 0.25) is 0 Å². The number of carbonyl (C=O) groups is 3. The second-order valence-corrected chi connectivity index (χ2v) is 10.1. The van der Waals surface area contributed by atoms with Gasteiger partial charge in [-0.1, -0.05) is 41.9 Å². The minimum atomic E-state index is -3.51. The second-order valence-electron chi connectivity index (χ2n) is 7.71. The molecule has 0 radical (unpaired) electrons.